The van der Waals surface area contributed by atoms with Crippen molar-refractivity contribution >= 4 is 33.3 Å². The second-order valence-electron chi connectivity index (χ2n) is 12.4. The van der Waals surface area contributed by atoms with Crippen LogP contribution in [0.4, 0.5) is 0 Å². The molecule has 0 saturated heterocycles. The average Bonchev–Trinajstić information content (AvgIpc) is 3.41. The van der Waals surface area contributed by atoms with E-state index in [1.54, 1.807) is 0 Å². The molecule has 1 aliphatic carbocycles. The third-order valence-electron chi connectivity index (χ3n) is 10.1. The topological polar surface area (TPSA) is 0 Å². The van der Waals surface area contributed by atoms with Crippen molar-refractivity contribution in [3.8, 4) is 33.4 Å². The Morgan fingerprint density at radius 2 is 1.04 bits per heavy atom. The van der Waals surface area contributed by atoms with Gasteiger partial charge >= 0.3 is 0 Å². The molecule has 1 aliphatic heterocycles. The molecule has 1 heterocycles. The Morgan fingerprint density at radius 3 is 1.93 bits per heavy atom. The molecule has 2 aliphatic rings. The van der Waals surface area contributed by atoms with E-state index < -0.39 is 5.41 Å². The monoisotopic (exact) mass is 600 g/mol. The van der Waals surface area contributed by atoms with E-state index in [1.165, 1.54) is 87.0 Å². The molecule has 8 aromatic carbocycles. The van der Waals surface area contributed by atoms with Crippen LogP contribution >= 0.6 is 11.8 Å². The fourth-order valence-corrected chi connectivity index (χ4v) is 9.43. The van der Waals surface area contributed by atoms with E-state index in [0.717, 1.165) is 0 Å². The van der Waals surface area contributed by atoms with Crippen LogP contribution in [-0.2, 0) is 5.41 Å². The highest BCUT2D eigenvalue weighted by molar-refractivity contribution is 8.00. The van der Waals surface area contributed by atoms with Crippen molar-refractivity contribution < 1.29 is 0 Å². The highest BCUT2D eigenvalue weighted by Crippen LogP contribution is 2.58. The zero-order chi connectivity index (χ0) is 30.2. The van der Waals surface area contributed by atoms with Gasteiger partial charge in [0, 0.05) is 15.2 Å². The Morgan fingerprint density at radius 1 is 0.370 bits per heavy atom. The number of hydrogen-bond donors (Lipinski definition) is 0. The lowest BCUT2D eigenvalue weighted by Crippen LogP contribution is -2.28. The first-order valence-electron chi connectivity index (χ1n) is 15.9. The SMILES string of the molecule is c1ccc(C2(c3cccc(-c4ccc5cccc6c5c4Sc4ccccc4-6)c3)c3ccccc3-c3cc4ccccc4cc32)cc1. The van der Waals surface area contributed by atoms with Gasteiger partial charge in [0.05, 0.1) is 5.41 Å². The summed E-state index contributed by atoms with van der Waals surface area (Å²) < 4.78 is 0. The van der Waals surface area contributed by atoms with Crippen LogP contribution in [-0.4, -0.2) is 0 Å². The molecule has 0 nitrogen and oxygen atoms in total. The number of hydrogen-bond acceptors (Lipinski definition) is 1. The van der Waals surface area contributed by atoms with E-state index >= 15 is 0 Å². The smallest absolute Gasteiger partial charge is 0.0713 e. The number of fused-ring (bicyclic) bond motifs is 6. The lowest BCUT2D eigenvalue weighted by atomic mass is 9.67. The first-order chi connectivity index (χ1) is 22.8. The lowest BCUT2D eigenvalue weighted by molar-refractivity contribution is 0.770. The summed E-state index contributed by atoms with van der Waals surface area (Å²) in [5.74, 6) is 0. The van der Waals surface area contributed by atoms with Gasteiger partial charge in [0.25, 0.3) is 0 Å². The lowest BCUT2D eigenvalue weighted by Gasteiger charge is -2.34. The van der Waals surface area contributed by atoms with E-state index in [-0.39, 0.29) is 0 Å². The van der Waals surface area contributed by atoms with Crippen molar-refractivity contribution in [2.75, 3.05) is 0 Å². The van der Waals surface area contributed by atoms with Crippen molar-refractivity contribution in [1.82, 2.24) is 0 Å². The van der Waals surface area contributed by atoms with Crippen LogP contribution in [0.3, 0.4) is 0 Å². The maximum absolute atomic E-state index is 2.47. The summed E-state index contributed by atoms with van der Waals surface area (Å²) in [6.07, 6.45) is 0. The van der Waals surface area contributed by atoms with Crippen LogP contribution in [0, 0.1) is 0 Å². The Kier molecular flexibility index (Phi) is 5.53. The summed E-state index contributed by atoms with van der Waals surface area (Å²) in [5, 5.41) is 5.19. The number of rotatable bonds is 3. The molecule has 0 saturated carbocycles. The zero-order valence-corrected chi connectivity index (χ0v) is 25.9. The molecule has 0 aromatic heterocycles. The molecule has 8 aromatic rings. The predicted molar refractivity (Wildman–Crippen MR) is 194 cm³/mol. The third kappa shape index (κ3) is 3.52. The zero-order valence-electron chi connectivity index (χ0n) is 25.1. The van der Waals surface area contributed by atoms with E-state index in [4.69, 9.17) is 0 Å². The van der Waals surface area contributed by atoms with Gasteiger partial charge in [-0.1, -0.05) is 157 Å². The van der Waals surface area contributed by atoms with Gasteiger partial charge in [-0.05, 0) is 96.1 Å². The predicted octanol–water partition coefficient (Wildman–Crippen LogP) is 12.2. The normalized spacial score (nSPS) is 15.8. The highest BCUT2D eigenvalue weighted by Gasteiger charge is 2.46. The van der Waals surface area contributed by atoms with E-state index in [1.807, 2.05) is 11.8 Å². The fraction of sp³-hybridized carbons (Fsp3) is 0.0222. The van der Waals surface area contributed by atoms with Crippen molar-refractivity contribution in [3.05, 3.63) is 192 Å². The van der Waals surface area contributed by atoms with E-state index in [0.29, 0.717) is 0 Å². The molecule has 214 valence electrons. The van der Waals surface area contributed by atoms with Crippen molar-refractivity contribution in [3.63, 3.8) is 0 Å². The van der Waals surface area contributed by atoms with Gasteiger partial charge in [-0.2, -0.15) is 0 Å². The summed E-state index contributed by atoms with van der Waals surface area (Å²) >= 11 is 1.91. The molecule has 1 unspecified atom stereocenters. The maximum atomic E-state index is 2.47. The first kappa shape index (κ1) is 25.9. The summed E-state index contributed by atoms with van der Waals surface area (Å²) in [5.41, 5.74) is 12.6. The molecule has 0 radical (unpaired) electrons. The van der Waals surface area contributed by atoms with E-state index in [9.17, 15) is 0 Å². The molecule has 10 rings (SSSR count). The summed E-state index contributed by atoms with van der Waals surface area (Å²) in [7, 11) is 0. The Labute approximate surface area is 273 Å². The largest absolute Gasteiger partial charge is 0.0881 e. The molecule has 1 heteroatoms. The fourth-order valence-electron chi connectivity index (χ4n) is 8.15. The molecular weight excluding hydrogens is 573 g/mol. The van der Waals surface area contributed by atoms with Crippen LogP contribution in [0.5, 0.6) is 0 Å². The Balaban J connectivity index is 1.27. The molecule has 0 fully saturated rings. The Hall–Kier alpha value is -5.37. The van der Waals surface area contributed by atoms with Crippen LogP contribution in [0.1, 0.15) is 22.3 Å². The molecule has 1 atom stereocenters. The van der Waals surface area contributed by atoms with Crippen molar-refractivity contribution in [1.29, 1.82) is 0 Å². The van der Waals surface area contributed by atoms with Gasteiger partial charge in [-0.15, -0.1) is 0 Å². The van der Waals surface area contributed by atoms with Crippen LogP contribution in [0.25, 0.3) is 54.9 Å². The van der Waals surface area contributed by atoms with Gasteiger partial charge in [-0.25, -0.2) is 0 Å². The van der Waals surface area contributed by atoms with Gasteiger partial charge < -0.3 is 0 Å². The van der Waals surface area contributed by atoms with E-state index in [2.05, 4.69) is 170 Å². The third-order valence-corrected chi connectivity index (χ3v) is 11.3. The second-order valence-corrected chi connectivity index (χ2v) is 13.5. The molecule has 0 spiro atoms. The average molecular weight is 601 g/mol. The maximum Gasteiger partial charge on any atom is 0.0713 e. The molecule has 0 amide bonds. The second kappa shape index (κ2) is 9.81. The first-order valence-corrected chi connectivity index (χ1v) is 16.7. The van der Waals surface area contributed by atoms with Crippen LogP contribution < -0.4 is 0 Å². The van der Waals surface area contributed by atoms with Gasteiger partial charge in [0.2, 0.25) is 0 Å². The molecule has 46 heavy (non-hydrogen) atoms. The van der Waals surface area contributed by atoms with Gasteiger partial charge in [0.1, 0.15) is 0 Å². The van der Waals surface area contributed by atoms with Crippen LogP contribution in [0.2, 0.25) is 0 Å². The quantitative estimate of drug-likeness (QED) is 0.194. The van der Waals surface area contributed by atoms with Crippen LogP contribution in [0.15, 0.2) is 180 Å². The summed E-state index contributed by atoms with van der Waals surface area (Å²) in [6, 6.07) is 63.3. The van der Waals surface area contributed by atoms with Gasteiger partial charge in [0.15, 0.2) is 0 Å². The minimum atomic E-state index is -0.452. The van der Waals surface area contributed by atoms with Crippen molar-refractivity contribution in [2.45, 2.75) is 15.2 Å². The minimum Gasteiger partial charge on any atom is -0.0881 e. The molecule has 0 N–H and O–H groups in total. The van der Waals surface area contributed by atoms with Crippen molar-refractivity contribution in [2.24, 2.45) is 0 Å². The molecule has 0 bridgehead atoms. The summed E-state index contributed by atoms with van der Waals surface area (Å²) in [6.45, 7) is 0. The minimum absolute atomic E-state index is 0.452. The van der Waals surface area contributed by atoms with Gasteiger partial charge in [-0.3, -0.25) is 0 Å². The standard InChI is InChI=1S/C45H28S/c1-2-16-33(17-3-1)45(40-22-8-6-19-36(40)39-27-30-12-4-5-13-31(30)28-41(39)45)34-18-10-15-32(26-34)35-25-24-29-14-11-21-38-37-20-7-9-23-42(37)46-44(35)43(29)38/h1-28H. The Bertz CT molecular complexity index is 2510. The highest BCUT2D eigenvalue weighted by atomic mass is 32.2. The molecular formula is C45H28S. The summed E-state index contributed by atoms with van der Waals surface area (Å²) in [4.78, 5) is 2.66. The number of benzene rings is 8.